The van der Waals surface area contributed by atoms with Gasteiger partial charge in [-0.2, -0.15) is 17.5 Å². The molecule has 0 saturated carbocycles. The van der Waals surface area contributed by atoms with Crippen LogP contribution in [0.2, 0.25) is 0 Å². The van der Waals surface area contributed by atoms with Crippen LogP contribution in [0.15, 0.2) is 33.9 Å². The molecule has 1 amide bonds. The van der Waals surface area contributed by atoms with E-state index in [0.717, 1.165) is 11.5 Å². The fourth-order valence-electron chi connectivity index (χ4n) is 2.34. The predicted molar refractivity (Wildman–Crippen MR) is 84.3 cm³/mol. The minimum atomic E-state index is -5.15. The number of carbonyl (C=O) groups excluding carboxylic acids is 2. The fraction of sp³-hybridized carbons (Fsp3) is 0.0714. The van der Waals surface area contributed by atoms with E-state index in [0.29, 0.717) is 9.27 Å². The van der Waals surface area contributed by atoms with Gasteiger partial charge in [-0.05, 0) is 29.7 Å². The Morgan fingerprint density at radius 1 is 1.23 bits per heavy atom. The van der Waals surface area contributed by atoms with Gasteiger partial charge in [-0.25, -0.2) is 18.7 Å². The van der Waals surface area contributed by atoms with E-state index in [-0.39, 0.29) is 27.4 Å². The Hall–Kier alpha value is -3.28. The molecule has 1 radical (unpaired) electrons. The number of primary amides is 1. The Morgan fingerprint density at radius 2 is 1.92 bits per heavy atom. The van der Waals surface area contributed by atoms with E-state index < -0.39 is 29.2 Å². The zero-order chi connectivity index (χ0) is 19.2. The van der Waals surface area contributed by atoms with Crippen LogP contribution in [0.3, 0.4) is 0 Å². The van der Waals surface area contributed by atoms with E-state index in [1.54, 1.807) is 6.29 Å². The molecule has 0 saturated heterocycles. The molecule has 0 spiro atoms. The maximum atomic E-state index is 13.0. The lowest BCUT2D eigenvalue weighted by Gasteiger charge is -2.14. The van der Waals surface area contributed by atoms with Crippen molar-refractivity contribution < 1.29 is 22.8 Å². The fourth-order valence-corrected chi connectivity index (χ4v) is 3.05. The monoisotopic (exact) mass is 383 g/mol. The molecule has 3 rings (SSSR count). The number of aromatic nitrogens is 3. The van der Waals surface area contributed by atoms with E-state index in [1.165, 1.54) is 18.2 Å². The first-order valence-electron chi connectivity index (χ1n) is 6.69. The molecule has 0 unspecified atom stereocenters. The summed E-state index contributed by atoms with van der Waals surface area (Å²) in [4.78, 5) is 46.7. The quantitative estimate of drug-likeness (QED) is 0.709. The molecule has 0 aliphatic rings. The van der Waals surface area contributed by atoms with Crippen LogP contribution < -0.4 is 17.0 Å². The highest BCUT2D eigenvalue weighted by molar-refractivity contribution is 7.13. The van der Waals surface area contributed by atoms with Crippen LogP contribution in [0.25, 0.3) is 15.8 Å². The molecule has 2 N–H and O–H groups in total. The number of hydrogen-bond acceptors (Lipinski definition) is 6. The number of rotatable bonds is 2. The summed E-state index contributed by atoms with van der Waals surface area (Å²) < 4.78 is 43.3. The first kappa shape index (κ1) is 17.5. The van der Waals surface area contributed by atoms with Gasteiger partial charge in [0.1, 0.15) is 11.4 Å². The van der Waals surface area contributed by atoms with Crippen molar-refractivity contribution in [2.24, 2.45) is 5.73 Å². The van der Waals surface area contributed by atoms with Crippen molar-refractivity contribution in [3.8, 4) is 5.69 Å². The second kappa shape index (κ2) is 5.91. The van der Waals surface area contributed by atoms with Gasteiger partial charge < -0.3 is 5.73 Å². The van der Waals surface area contributed by atoms with Gasteiger partial charge >= 0.3 is 17.9 Å². The number of nitrogens with zero attached hydrogens (tertiary/aromatic N) is 3. The largest absolute Gasteiger partial charge is 0.432 e. The van der Waals surface area contributed by atoms with Gasteiger partial charge in [0, 0.05) is 11.5 Å². The highest BCUT2D eigenvalue weighted by Crippen LogP contribution is 2.28. The number of benzene rings is 1. The number of nitrogens with two attached hydrogens (primary N) is 1. The topological polar surface area (TPSA) is 117 Å². The number of carbonyl (C=O) groups is 1. The van der Waals surface area contributed by atoms with Crippen LogP contribution in [0.5, 0.6) is 0 Å². The third-order valence-corrected chi connectivity index (χ3v) is 4.25. The summed E-state index contributed by atoms with van der Waals surface area (Å²) in [5, 5.41) is 0.249. The minimum absolute atomic E-state index is 0.0814. The Kier molecular flexibility index (Phi) is 3.99. The van der Waals surface area contributed by atoms with Crippen LogP contribution >= 0.6 is 11.5 Å². The van der Waals surface area contributed by atoms with Crippen LogP contribution in [-0.2, 0) is 11.0 Å². The number of halogens is 3. The van der Waals surface area contributed by atoms with Gasteiger partial charge in [-0.1, -0.05) is 0 Å². The lowest BCUT2D eigenvalue weighted by Crippen LogP contribution is -2.46. The maximum Gasteiger partial charge on any atom is 0.432 e. The van der Waals surface area contributed by atoms with Gasteiger partial charge in [0.2, 0.25) is 0 Å². The van der Waals surface area contributed by atoms with Crippen LogP contribution in [0.4, 0.5) is 18.0 Å². The Morgan fingerprint density at radius 3 is 2.50 bits per heavy atom. The van der Waals surface area contributed by atoms with Crippen LogP contribution in [0, 0.1) is 0 Å². The minimum Gasteiger partial charge on any atom is -0.351 e. The molecule has 0 bridgehead atoms. The molecule has 2 aromatic heterocycles. The van der Waals surface area contributed by atoms with E-state index >= 15 is 0 Å². The standard InChI is InChI=1S/C14H6F3N4O4S/c15-14(16,17)10-4-11(23)20(13(25)21(10)12(18)24)6-1-2-9-7(3-6)8(5-22)19-26-9/h1-4H,(H2,18,24). The summed E-state index contributed by atoms with van der Waals surface area (Å²) in [6, 6.07) is 2.28. The number of fused-ring (bicyclic) bond motifs is 1. The van der Waals surface area contributed by atoms with Crippen molar-refractivity contribution in [2.45, 2.75) is 6.18 Å². The number of alkyl halides is 3. The maximum absolute atomic E-state index is 13.0. The Bertz CT molecular complexity index is 1180. The molecule has 26 heavy (non-hydrogen) atoms. The summed E-state index contributed by atoms with van der Waals surface area (Å²) in [7, 11) is 0. The Balaban J connectivity index is 2.38. The average molecular weight is 383 g/mol. The molecule has 2 heterocycles. The summed E-state index contributed by atoms with van der Waals surface area (Å²) in [5.74, 6) is 0. The number of hydrogen-bond donors (Lipinski definition) is 1. The molecule has 8 nitrogen and oxygen atoms in total. The lowest BCUT2D eigenvalue weighted by molar-refractivity contribution is -0.143. The van der Waals surface area contributed by atoms with E-state index in [4.69, 9.17) is 5.73 Å². The van der Waals surface area contributed by atoms with Crippen molar-refractivity contribution in [1.29, 1.82) is 0 Å². The molecule has 12 heteroatoms. The average Bonchev–Trinajstić information content (AvgIpc) is 2.95. The van der Waals surface area contributed by atoms with E-state index in [2.05, 4.69) is 4.37 Å². The third kappa shape index (κ3) is 2.69. The van der Waals surface area contributed by atoms with Gasteiger partial charge in [-0.3, -0.25) is 9.59 Å². The first-order valence-corrected chi connectivity index (χ1v) is 7.46. The van der Waals surface area contributed by atoms with Crippen LogP contribution in [0.1, 0.15) is 11.4 Å². The van der Waals surface area contributed by atoms with Gasteiger partial charge in [0.15, 0.2) is 0 Å². The summed E-state index contributed by atoms with van der Waals surface area (Å²) in [5.41, 5.74) is -0.0510. The SMILES string of the molecule is NC(=O)n1c(C(F)(F)F)cc(=O)n(-c2ccc3snc([C]=O)c3c2)c1=O. The van der Waals surface area contributed by atoms with Crippen LogP contribution in [-0.4, -0.2) is 25.8 Å². The second-order valence-corrected chi connectivity index (χ2v) is 5.78. The zero-order valence-corrected chi connectivity index (χ0v) is 13.2. The molecular formula is C14H6F3N4O4S. The Labute approximate surface area is 145 Å². The molecule has 1 aromatic carbocycles. The third-order valence-electron chi connectivity index (χ3n) is 3.42. The van der Waals surface area contributed by atoms with E-state index in [1.807, 2.05) is 0 Å². The number of amides is 1. The highest BCUT2D eigenvalue weighted by Gasteiger charge is 2.37. The molecule has 0 atom stereocenters. The molecule has 3 aromatic rings. The van der Waals surface area contributed by atoms with Crippen molar-refractivity contribution in [1.82, 2.24) is 13.5 Å². The summed E-state index contributed by atoms with van der Waals surface area (Å²) >= 11 is 0.959. The summed E-state index contributed by atoms with van der Waals surface area (Å²) in [6.45, 7) is 0. The van der Waals surface area contributed by atoms with Crippen molar-refractivity contribution >= 4 is 33.9 Å². The van der Waals surface area contributed by atoms with Crippen molar-refractivity contribution in [2.75, 3.05) is 0 Å². The van der Waals surface area contributed by atoms with Gasteiger partial charge in [-0.15, -0.1) is 0 Å². The van der Waals surface area contributed by atoms with Crippen molar-refractivity contribution in [3.63, 3.8) is 0 Å². The smallest absolute Gasteiger partial charge is 0.351 e. The second-order valence-electron chi connectivity index (χ2n) is 4.97. The predicted octanol–water partition coefficient (Wildman–Crippen LogP) is 1.01. The molecule has 133 valence electrons. The van der Waals surface area contributed by atoms with E-state index in [9.17, 15) is 32.3 Å². The molecule has 0 aliphatic carbocycles. The zero-order valence-electron chi connectivity index (χ0n) is 12.4. The van der Waals surface area contributed by atoms with Crippen molar-refractivity contribution in [3.05, 3.63) is 56.5 Å². The van der Waals surface area contributed by atoms with Gasteiger partial charge in [0.05, 0.1) is 10.4 Å². The van der Waals surface area contributed by atoms with Gasteiger partial charge in [0.25, 0.3) is 11.8 Å². The summed E-state index contributed by atoms with van der Waals surface area (Å²) in [6.07, 6.45) is -3.57. The molecular weight excluding hydrogens is 377 g/mol. The molecule has 0 aliphatic heterocycles. The normalized spacial score (nSPS) is 11.7. The first-order chi connectivity index (χ1) is 12.1. The molecule has 0 fully saturated rings. The highest BCUT2D eigenvalue weighted by atomic mass is 32.1. The lowest BCUT2D eigenvalue weighted by atomic mass is 10.2.